The third-order valence-electron chi connectivity index (χ3n) is 5.41. The van der Waals surface area contributed by atoms with Crippen LogP contribution in [0.3, 0.4) is 0 Å². The molecule has 37 heavy (non-hydrogen) atoms. The van der Waals surface area contributed by atoms with Crippen LogP contribution in [0.1, 0.15) is 31.9 Å². The number of hydrogen-bond acceptors (Lipinski definition) is 5. The summed E-state index contributed by atoms with van der Waals surface area (Å²) < 4.78 is 33.4. The zero-order valence-corrected chi connectivity index (χ0v) is 22.5. The number of nitrogens with zero attached hydrogens (tertiary/aromatic N) is 1. The molecule has 0 fully saturated rings. The maximum Gasteiger partial charge on any atom is 0.329 e. The van der Waals surface area contributed by atoms with Gasteiger partial charge in [0.1, 0.15) is 11.6 Å². The van der Waals surface area contributed by atoms with Crippen molar-refractivity contribution in [2.75, 3.05) is 16.7 Å². The maximum atomic E-state index is 13.0. The van der Waals surface area contributed by atoms with Crippen molar-refractivity contribution < 1.29 is 22.7 Å². The normalized spacial score (nSPS) is 12.4. The second kappa shape index (κ2) is 11.5. The van der Waals surface area contributed by atoms with Gasteiger partial charge in [-0.2, -0.15) is 0 Å². The van der Waals surface area contributed by atoms with Crippen LogP contribution in [-0.2, 0) is 26.0 Å². The summed E-state index contributed by atoms with van der Waals surface area (Å²) in [6, 6.07) is 20.9. The Bertz CT molecular complexity index is 1320. The van der Waals surface area contributed by atoms with E-state index in [1.165, 1.54) is 4.90 Å². The minimum Gasteiger partial charge on any atom is -0.458 e. The SMILES string of the molecule is Cc1ccc(S(=O)(=O)Nc2ccc(N(C)C(=O)N[C@H](Cc3ccccc3)C(=O)OC(C)(C)C)cc2)cc1. The van der Waals surface area contributed by atoms with Crippen molar-refractivity contribution in [3.63, 3.8) is 0 Å². The number of esters is 1. The van der Waals surface area contributed by atoms with Crippen molar-refractivity contribution in [3.05, 3.63) is 90.0 Å². The topological polar surface area (TPSA) is 105 Å². The first-order chi connectivity index (χ1) is 17.3. The number of rotatable bonds is 8. The van der Waals surface area contributed by atoms with E-state index in [1.807, 2.05) is 37.3 Å². The number of carbonyl (C=O) groups is 2. The summed E-state index contributed by atoms with van der Waals surface area (Å²) in [4.78, 5) is 27.4. The molecule has 0 unspecified atom stereocenters. The molecule has 3 aromatic rings. The third kappa shape index (κ3) is 8.08. The van der Waals surface area contributed by atoms with E-state index in [2.05, 4.69) is 10.0 Å². The van der Waals surface area contributed by atoms with Crippen LogP contribution >= 0.6 is 0 Å². The maximum absolute atomic E-state index is 13.0. The van der Waals surface area contributed by atoms with Crippen molar-refractivity contribution in [3.8, 4) is 0 Å². The Morgan fingerprint density at radius 2 is 1.51 bits per heavy atom. The van der Waals surface area contributed by atoms with Crippen molar-refractivity contribution in [1.82, 2.24) is 5.32 Å². The summed E-state index contributed by atoms with van der Waals surface area (Å²) in [5.74, 6) is -0.529. The molecule has 8 nitrogen and oxygen atoms in total. The Morgan fingerprint density at radius 1 is 0.919 bits per heavy atom. The highest BCUT2D eigenvalue weighted by Crippen LogP contribution is 2.21. The summed E-state index contributed by atoms with van der Waals surface area (Å²) in [5.41, 5.74) is 2.01. The molecule has 3 rings (SSSR count). The van der Waals surface area contributed by atoms with Crippen LogP contribution in [0.2, 0.25) is 0 Å². The van der Waals surface area contributed by atoms with E-state index >= 15 is 0 Å². The number of sulfonamides is 1. The zero-order chi connectivity index (χ0) is 27.2. The van der Waals surface area contributed by atoms with E-state index < -0.39 is 33.7 Å². The molecule has 3 aromatic carbocycles. The van der Waals surface area contributed by atoms with E-state index in [9.17, 15) is 18.0 Å². The highest BCUT2D eigenvalue weighted by atomic mass is 32.2. The molecule has 2 N–H and O–H groups in total. The van der Waals surface area contributed by atoms with E-state index in [0.29, 0.717) is 11.4 Å². The van der Waals surface area contributed by atoms with Crippen molar-refractivity contribution in [2.45, 2.75) is 50.7 Å². The molecule has 0 aromatic heterocycles. The second-order valence-electron chi connectivity index (χ2n) is 9.75. The number of anilines is 2. The van der Waals surface area contributed by atoms with Gasteiger partial charge in [-0.1, -0.05) is 48.0 Å². The molecule has 0 saturated heterocycles. The number of urea groups is 1. The Morgan fingerprint density at radius 3 is 2.08 bits per heavy atom. The predicted octanol–water partition coefficient (Wildman–Crippen LogP) is 4.89. The minimum absolute atomic E-state index is 0.158. The summed E-state index contributed by atoms with van der Waals surface area (Å²) >= 11 is 0. The van der Waals surface area contributed by atoms with Gasteiger partial charge < -0.3 is 10.1 Å². The molecule has 2 amide bonds. The van der Waals surface area contributed by atoms with Gasteiger partial charge in [-0.15, -0.1) is 0 Å². The highest BCUT2D eigenvalue weighted by molar-refractivity contribution is 7.92. The van der Waals surface area contributed by atoms with Crippen LogP contribution in [0.5, 0.6) is 0 Å². The molecule has 0 aliphatic heterocycles. The number of aryl methyl sites for hydroxylation is 1. The molecular formula is C28H33N3O5S. The van der Waals surface area contributed by atoms with Crippen LogP contribution in [0.4, 0.5) is 16.2 Å². The molecule has 0 spiro atoms. The van der Waals surface area contributed by atoms with Crippen molar-refractivity contribution >= 4 is 33.4 Å². The van der Waals surface area contributed by atoms with Crippen molar-refractivity contribution in [1.29, 1.82) is 0 Å². The lowest BCUT2D eigenvalue weighted by molar-refractivity contribution is -0.157. The standard InChI is InChI=1S/C28H33N3O5S/c1-20-11-17-24(18-12-20)37(34,35)30-22-13-15-23(16-14-22)31(5)27(33)29-25(26(32)36-28(2,3)4)19-21-9-7-6-8-10-21/h6-18,25,30H,19H2,1-5H3,(H,29,33)/t25-/m1/s1. The number of ether oxygens (including phenoxy) is 1. The number of amides is 2. The molecule has 0 heterocycles. The fraction of sp³-hybridized carbons (Fsp3) is 0.286. The smallest absolute Gasteiger partial charge is 0.329 e. The van der Waals surface area contributed by atoms with Gasteiger partial charge in [0.2, 0.25) is 0 Å². The van der Waals surface area contributed by atoms with E-state index in [0.717, 1.165) is 11.1 Å². The first kappa shape index (κ1) is 27.7. The fourth-order valence-electron chi connectivity index (χ4n) is 3.46. The molecule has 0 bridgehead atoms. The Balaban J connectivity index is 1.71. The van der Waals surface area contributed by atoms with Gasteiger partial charge in [-0.3, -0.25) is 9.62 Å². The Kier molecular flexibility index (Phi) is 8.60. The molecule has 0 aliphatic rings. The lowest BCUT2D eigenvalue weighted by atomic mass is 10.1. The molecule has 0 aliphatic carbocycles. The average molecular weight is 524 g/mol. The molecule has 0 radical (unpaired) electrons. The van der Waals surface area contributed by atoms with E-state index in [4.69, 9.17) is 4.74 Å². The minimum atomic E-state index is -3.74. The lowest BCUT2D eigenvalue weighted by Crippen LogP contribution is -2.49. The molecular weight excluding hydrogens is 490 g/mol. The number of hydrogen-bond donors (Lipinski definition) is 2. The van der Waals surface area contributed by atoms with Gasteiger partial charge >= 0.3 is 12.0 Å². The van der Waals surface area contributed by atoms with Crippen LogP contribution in [0, 0.1) is 6.92 Å². The fourth-order valence-corrected chi connectivity index (χ4v) is 4.52. The molecule has 9 heteroatoms. The van der Waals surface area contributed by atoms with E-state index in [1.54, 1.807) is 76.3 Å². The summed E-state index contributed by atoms with van der Waals surface area (Å²) in [6.07, 6.45) is 0.273. The molecule has 1 atom stereocenters. The van der Waals surface area contributed by atoms with Crippen molar-refractivity contribution in [2.24, 2.45) is 0 Å². The van der Waals surface area contributed by atoms with Crippen LogP contribution < -0.4 is 14.9 Å². The number of benzene rings is 3. The lowest BCUT2D eigenvalue weighted by Gasteiger charge is -2.26. The second-order valence-corrected chi connectivity index (χ2v) is 11.4. The predicted molar refractivity (Wildman–Crippen MR) is 145 cm³/mol. The van der Waals surface area contributed by atoms with Gasteiger partial charge in [-0.25, -0.2) is 18.0 Å². The Labute approximate surface area is 218 Å². The molecule has 0 saturated carbocycles. The average Bonchev–Trinajstić information content (AvgIpc) is 2.83. The summed E-state index contributed by atoms with van der Waals surface area (Å²) in [6.45, 7) is 7.19. The zero-order valence-electron chi connectivity index (χ0n) is 21.7. The summed E-state index contributed by atoms with van der Waals surface area (Å²) in [5, 5.41) is 2.77. The van der Waals surface area contributed by atoms with Gasteiger partial charge in [0, 0.05) is 24.8 Å². The first-order valence-electron chi connectivity index (χ1n) is 11.8. The summed E-state index contributed by atoms with van der Waals surface area (Å²) in [7, 11) is -2.18. The van der Waals surface area contributed by atoms with Crippen LogP contribution in [0.25, 0.3) is 0 Å². The highest BCUT2D eigenvalue weighted by Gasteiger charge is 2.28. The molecule has 196 valence electrons. The van der Waals surface area contributed by atoms with Crippen LogP contribution in [-0.4, -0.2) is 39.1 Å². The third-order valence-corrected chi connectivity index (χ3v) is 6.81. The number of carbonyl (C=O) groups excluding carboxylic acids is 2. The van der Waals surface area contributed by atoms with Crippen LogP contribution in [0.15, 0.2) is 83.8 Å². The number of nitrogens with one attached hydrogen (secondary N) is 2. The largest absolute Gasteiger partial charge is 0.458 e. The van der Waals surface area contributed by atoms with Gasteiger partial charge in [0.25, 0.3) is 10.0 Å². The Hall–Kier alpha value is -3.85. The van der Waals surface area contributed by atoms with Gasteiger partial charge in [0.05, 0.1) is 4.90 Å². The quantitative estimate of drug-likeness (QED) is 0.409. The van der Waals surface area contributed by atoms with Gasteiger partial charge in [0.15, 0.2) is 0 Å². The van der Waals surface area contributed by atoms with E-state index in [-0.39, 0.29) is 11.3 Å². The monoisotopic (exact) mass is 523 g/mol. The van der Waals surface area contributed by atoms with Gasteiger partial charge in [-0.05, 0) is 69.7 Å². The first-order valence-corrected chi connectivity index (χ1v) is 13.3.